The smallest absolute Gasteiger partial charge is 0.744 e. The monoisotopic (exact) mass is 842 g/mol. The molecule has 0 atom stereocenters. The molecule has 0 saturated heterocycles. The first-order chi connectivity index (χ1) is 26.7. The van der Waals surface area contributed by atoms with Gasteiger partial charge in [0, 0.05) is 0 Å². The third-order valence-corrected chi connectivity index (χ3v) is 12.3. The zero-order valence-corrected chi connectivity index (χ0v) is 35.2. The van der Waals surface area contributed by atoms with Crippen LogP contribution >= 0.6 is 0 Å². The van der Waals surface area contributed by atoms with Gasteiger partial charge in [-0.05, 0) is 139 Å². The molecule has 0 radical (unpaired) electrons. The number of ether oxygens (including phenoxy) is 4. The van der Waals surface area contributed by atoms with Crippen molar-refractivity contribution in [2.45, 2.75) is 163 Å². The molecule has 6 rings (SSSR count). The molecular weight excluding hydrogens is 793 g/mol. The molecule has 14 nitrogen and oxygen atoms in total. The van der Waals surface area contributed by atoms with E-state index in [1.165, 1.54) is 12.1 Å². The molecular formula is C40H50MgO14S2. The molecule has 0 unspecified atom stereocenters. The van der Waals surface area contributed by atoms with E-state index >= 15 is 0 Å². The predicted octanol–water partition coefficient (Wildman–Crippen LogP) is 6.76. The van der Waals surface area contributed by atoms with E-state index < -0.39 is 53.9 Å². The summed E-state index contributed by atoms with van der Waals surface area (Å²) in [6.45, 7) is 0. The fraction of sp³-hybridized carbons (Fsp3) is 0.600. The first-order valence-electron chi connectivity index (χ1n) is 19.7. The summed E-state index contributed by atoms with van der Waals surface area (Å²) in [5.41, 5.74) is -0.507. The van der Waals surface area contributed by atoms with Gasteiger partial charge >= 0.3 is 46.9 Å². The van der Waals surface area contributed by atoms with E-state index in [0.717, 1.165) is 153 Å². The molecule has 0 N–H and O–H groups in total. The molecule has 0 spiro atoms. The van der Waals surface area contributed by atoms with Crippen LogP contribution in [0.1, 0.15) is 170 Å². The largest absolute Gasteiger partial charge is 2.00 e. The van der Waals surface area contributed by atoms with E-state index in [-0.39, 0.29) is 69.7 Å². The predicted molar refractivity (Wildman–Crippen MR) is 204 cm³/mol. The number of esters is 4. The summed E-state index contributed by atoms with van der Waals surface area (Å²) in [6.07, 6.45) is 17.2. The van der Waals surface area contributed by atoms with Gasteiger partial charge in [0.05, 0.1) is 32.0 Å². The summed E-state index contributed by atoms with van der Waals surface area (Å²) >= 11 is 0. The quantitative estimate of drug-likeness (QED) is 0.104. The van der Waals surface area contributed by atoms with E-state index in [0.29, 0.717) is 0 Å². The number of hydrogen-bond acceptors (Lipinski definition) is 14. The van der Waals surface area contributed by atoms with Crippen molar-refractivity contribution in [2.24, 2.45) is 0 Å². The Kier molecular flexibility index (Phi) is 17.8. The third-order valence-electron chi connectivity index (χ3n) is 10.6. The average Bonchev–Trinajstić information content (AvgIpc) is 3.18. The summed E-state index contributed by atoms with van der Waals surface area (Å²) in [5.74, 6) is -2.93. The molecule has 0 aromatic heterocycles. The minimum Gasteiger partial charge on any atom is -0.744 e. The number of carbonyl (C=O) groups is 4. The minimum atomic E-state index is -4.85. The van der Waals surface area contributed by atoms with Crippen LogP contribution in [0.2, 0.25) is 0 Å². The molecule has 2 aromatic rings. The van der Waals surface area contributed by atoms with Gasteiger partial charge in [-0.25, -0.2) is 36.0 Å². The Labute approximate surface area is 350 Å². The summed E-state index contributed by atoms with van der Waals surface area (Å²) in [5, 5.41) is 0. The maximum Gasteiger partial charge on any atom is 2.00 e. The van der Waals surface area contributed by atoms with Crippen molar-refractivity contribution in [2.75, 3.05) is 0 Å². The van der Waals surface area contributed by atoms with E-state index in [9.17, 15) is 45.1 Å². The molecule has 2 aromatic carbocycles. The zero-order chi connectivity index (χ0) is 40.3. The summed E-state index contributed by atoms with van der Waals surface area (Å²) < 4.78 is 90.8. The molecule has 57 heavy (non-hydrogen) atoms. The van der Waals surface area contributed by atoms with Crippen molar-refractivity contribution >= 4 is 67.2 Å². The molecule has 308 valence electrons. The third kappa shape index (κ3) is 14.6. The second-order valence-electron chi connectivity index (χ2n) is 15.1. The fourth-order valence-electron chi connectivity index (χ4n) is 7.57. The maximum atomic E-state index is 12.5. The summed E-state index contributed by atoms with van der Waals surface area (Å²) in [4.78, 5) is 48.7. The van der Waals surface area contributed by atoms with Crippen molar-refractivity contribution in [1.29, 1.82) is 0 Å². The van der Waals surface area contributed by atoms with Crippen molar-refractivity contribution < 1.29 is 64.1 Å². The minimum absolute atomic E-state index is 0. The Balaban J connectivity index is 0.000000248. The average molecular weight is 843 g/mol. The van der Waals surface area contributed by atoms with Crippen LogP contribution in [0.25, 0.3) is 0 Å². The first kappa shape index (κ1) is 46.6. The van der Waals surface area contributed by atoms with Gasteiger partial charge in [-0.1, -0.05) is 25.7 Å². The van der Waals surface area contributed by atoms with Gasteiger partial charge in [0.15, 0.2) is 0 Å². The van der Waals surface area contributed by atoms with Crippen LogP contribution in [0.4, 0.5) is 0 Å². The zero-order valence-electron chi connectivity index (χ0n) is 32.2. The van der Waals surface area contributed by atoms with Gasteiger partial charge in [-0.2, -0.15) is 0 Å². The van der Waals surface area contributed by atoms with E-state index in [1.54, 1.807) is 0 Å². The maximum absolute atomic E-state index is 12.5. The van der Waals surface area contributed by atoms with Gasteiger partial charge in [0.2, 0.25) is 0 Å². The van der Waals surface area contributed by atoms with Crippen molar-refractivity contribution in [3.05, 3.63) is 58.7 Å². The summed E-state index contributed by atoms with van der Waals surface area (Å²) in [6, 6.07) is 6.33. The molecule has 0 heterocycles. The van der Waals surface area contributed by atoms with E-state index in [1.807, 2.05) is 0 Å². The molecule has 4 fully saturated rings. The fourth-order valence-corrected chi connectivity index (χ4v) is 8.65. The normalized spacial score (nSPS) is 18.8. The number of rotatable bonds is 10. The molecule has 4 aliphatic rings. The van der Waals surface area contributed by atoms with Crippen molar-refractivity contribution in [3.8, 4) is 0 Å². The standard InChI is InChI=1S/2C20H26O7S.Mg/c2*21-19(26-16-7-3-1-4-8-16)14-11-15(13-18(12-14)28(23,24)25)20(22)27-17-9-5-2-6-10-17;/h2*11-13,16-17H,1-10H2,(H,23,24,25);/q;;+2/p-2. The van der Waals surface area contributed by atoms with Gasteiger partial charge < -0.3 is 28.1 Å². The van der Waals surface area contributed by atoms with Crippen molar-refractivity contribution in [3.63, 3.8) is 0 Å². The van der Waals surface area contributed by atoms with Gasteiger partial charge in [-0.3, -0.25) is 0 Å². The van der Waals surface area contributed by atoms with Crippen LogP contribution in [-0.2, 0) is 39.2 Å². The Hall–Kier alpha value is -3.09. The number of hydrogen-bond donors (Lipinski definition) is 0. The van der Waals surface area contributed by atoms with Crippen LogP contribution in [0.3, 0.4) is 0 Å². The SMILES string of the molecule is O=C(OC1CCCCC1)c1cc(C(=O)OC2CCCCC2)cc(S(=O)(=O)[O-])c1.O=C(OC1CCCCC1)c1cc(C(=O)OC2CCCCC2)cc(S(=O)(=O)[O-])c1.[Mg+2]. The Morgan fingerprint density at radius 2 is 0.579 bits per heavy atom. The van der Waals surface area contributed by atoms with Gasteiger partial charge in [0.1, 0.15) is 44.7 Å². The first-order valence-corrected chi connectivity index (χ1v) is 22.5. The molecule has 0 amide bonds. The van der Waals surface area contributed by atoms with Gasteiger partial charge in [-0.15, -0.1) is 0 Å². The van der Waals surface area contributed by atoms with Crippen LogP contribution in [0.5, 0.6) is 0 Å². The van der Waals surface area contributed by atoms with Crippen LogP contribution in [-0.4, -0.2) is 97.3 Å². The Bertz CT molecular complexity index is 1680. The molecule has 4 saturated carbocycles. The van der Waals surface area contributed by atoms with E-state index in [4.69, 9.17) is 18.9 Å². The van der Waals surface area contributed by atoms with Crippen molar-refractivity contribution in [1.82, 2.24) is 0 Å². The second kappa shape index (κ2) is 21.8. The van der Waals surface area contributed by atoms with Crippen LogP contribution in [0.15, 0.2) is 46.2 Å². The Morgan fingerprint density at radius 3 is 0.754 bits per heavy atom. The summed E-state index contributed by atoms with van der Waals surface area (Å²) in [7, 11) is -9.69. The molecule has 17 heteroatoms. The second-order valence-corrected chi connectivity index (χ2v) is 17.8. The molecule has 0 aliphatic heterocycles. The number of benzene rings is 2. The topological polar surface area (TPSA) is 220 Å². The van der Waals surface area contributed by atoms with Crippen LogP contribution < -0.4 is 0 Å². The number of carbonyl (C=O) groups excluding carboxylic acids is 4. The molecule has 4 aliphatic carbocycles. The van der Waals surface area contributed by atoms with Gasteiger partial charge in [0.25, 0.3) is 0 Å². The molecule has 0 bridgehead atoms. The Morgan fingerprint density at radius 1 is 0.386 bits per heavy atom. The van der Waals surface area contributed by atoms with E-state index in [2.05, 4.69) is 0 Å². The van der Waals surface area contributed by atoms with Crippen LogP contribution in [0, 0.1) is 0 Å².